The molecule has 1 aromatic carbocycles. The fraction of sp³-hybridized carbons (Fsp3) is 0.500. The van der Waals surface area contributed by atoms with E-state index in [9.17, 15) is 9.59 Å². The zero-order valence-electron chi connectivity index (χ0n) is 15.1. The highest BCUT2D eigenvalue weighted by Crippen LogP contribution is 2.22. The summed E-state index contributed by atoms with van der Waals surface area (Å²) in [4.78, 5) is 30.5. The monoisotopic (exact) mass is 341 g/mol. The van der Waals surface area contributed by atoms with Crippen LogP contribution in [0.2, 0.25) is 0 Å². The Morgan fingerprint density at radius 2 is 2.08 bits per heavy atom. The number of Topliss-reactive ketones (excluding diaryl/α,β-unsaturated/α-hetero) is 1. The number of hydrogen-bond donors (Lipinski definition) is 2. The number of rotatable bonds is 6. The topological polar surface area (TPSA) is 65.2 Å². The molecule has 0 aliphatic carbocycles. The van der Waals surface area contributed by atoms with E-state index >= 15 is 0 Å². The van der Waals surface area contributed by atoms with Crippen LogP contribution in [0.1, 0.15) is 48.7 Å². The molecule has 0 saturated carbocycles. The number of likely N-dealkylation sites (tertiary alicyclic amines) is 1. The van der Waals surface area contributed by atoms with Crippen molar-refractivity contribution in [3.8, 4) is 0 Å². The Hall–Kier alpha value is -2.14. The molecule has 134 valence electrons. The zero-order valence-corrected chi connectivity index (χ0v) is 15.1. The second kappa shape index (κ2) is 7.83. The van der Waals surface area contributed by atoms with E-state index in [2.05, 4.69) is 22.1 Å². The maximum Gasteiger partial charge on any atom is 0.292 e. The van der Waals surface area contributed by atoms with Crippen molar-refractivity contribution in [2.45, 2.75) is 45.6 Å². The second-order valence-corrected chi connectivity index (χ2v) is 6.99. The molecule has 1 aliphatic heterocycles. The van der Waals surface area contributed by atoms with Gasteiger partial charge >= 0.3 is 0 Å². The fourth-order valence-corrected chi connectivity index (χ4v) is 3.74. The van der Waals surface area contributed by atoms with Crippen LogP contribution in [-0.4, -0.2) is 47.3 Å². The lowest BCUT2D eigenvalue weighted by Gasteiger charge is -2.33. The second-order valence-electron chi connectivity index (χ2n) is 6.99. The van der Waals surface area contributed by atoms with E-state index < -0.39 is 11.7 Å². The van der Waals surface area contributed by atoms with Gasteiger partial charge < -0.3 is 15.2 Å². The molecule has 0 unspecified atom stereocenters. The highest BCUT2D eigenvalue weighted by atomic mass is 16.2. The van der Waals surface area contributed by atoms with Gasteiger partial charge in [0.1, 0.15) is 0 Å². The molecular weight excluding hydrogens is 314 g/mol. The average Bonchev–Trinajstić information content (AvgIpc) is 2.95. The normalized spacial score (nSPS) is 18.4. The first-order chi connectivity index (χ1) is 12.1. The smallest absolute Gasteiger partial charge is 0.292 e. The molecule has 5 heteroatoms. The quantitative estimate of drug-likeness (QED) is 0.482. The summed E-state index contributed by atoms with van der Waals surface area (Å²) in [6.07, 6.45) is 4.70. The molecule has 5 nitrogen and oxygen atoms in total. The molecule has 2 N–H and O–H groups in total. The van der Waals surface area contributed by atoms with E-state index in [-0.39, 0.29) is 0 Å². The number of nitrogens with one attached hydrogen (secondary N) is 2. The van der Waals surface area contributed by atoms with Crippen LogP contribution in [0.25, 0.3) is 10.9 Å². The predicted molar refractivity (Wildman–Crippen MR) is 99.9 cm³/mol. The molecule has 1 aliphatic rings. The molecule has 25 heavy (non-hydrogen) atoms. The summed E-state index contributed by atoms with van der Waals surface area (Å²) in [5.74, 6) is -0.971. The van der Waals surface area contributed by atoms with Crippen LogP contribution < -0.4 is 5.32 Å². The van der Waals surface area contributed by atoms with E-state index in [1.807, 2.05) is 31.2 Å². The molecule has 0 bridgehead atoms. The molecule has 1 amide bonds. The van der Waals surface area contributed by atoms with Gasteiger partial charge in [0.15, 0.2) is 0 Å². The molecule has 0 spiro atoms. The zero-order chi connectivity index (χ0) is 17.8. The van der Waals surface area contributed by atoms with Crippen molar-refractivity contribution in [3.05, 3.63) is 35.5 Å². The number of nitrogens with zero attached hydrogens (tertiary/aromatic N) is 1. The van der Waals surface area contributed by atoms with E-state index in [1.165, 1.54) is 19.3 Å². The van der Waals surface area contributed by atoms with E-state index in [0.29, 0.717) is 18.2 Å². The lowest BCUT2D eigenvalue weighted by Crippen LogP contribution is -2.39. The number of H-pyrrole nitrogens is 1. The minimum absolute atomic E-state index is 0.457. The number of aryl methyl sites for hydroxylation is 1. The molecule has 1 fully saturated rings. The Bertz CT molecular complexity index is 765. The van der Waals surface area contributed by atoms with Gasteiger partial charge in [-0.25, -0.2) is 0 Å². The molecule has 2 heterocycles. The molecule has 2 aromatic rings. The van der Waals surface area contributed by atoms with Crippen molar-refractivity contribution >= 4 is 22.6 Å². The van der Waals surface area contributed by atoms with Crippen LogP contribution in [0.5, 0.6) is 0 Å². The number of piperidine rings is 1. The summed E-state index contributed by atoms with van der Waals surface area (Å²) < 4.78 is 0. The molecule has 1 atom stereocenters. The summed E-state index contributed by atoms with van der Waals surface area (Å²) in [6, 6.07) is 8.20. The molecule has 1 aromatic heterocycles. The van der Waals surface area contributed by atoms with Crippen molar-refractivity contribution in [2.75, 3.05) is 19.6 Å². The maximum atomic E-state index is 12.5. The van der Waals surface area contributed by atoms with Crippen molar-refractivity contribution in [1.82, 2.24) is 15.2 Å². The van der Waals surface area contributed by atoms with E-state index in [4.69, 9.17) is 0 Å². The number of aromatic amines is 1. The van der Waals surface area contributed by atoms with E-state index in [1.54, 1.807) is 0 Å². The van der Waals surface area contributed by atoms with Gasteiger partial charge in [-0.3, -0.25) is 9.59 Å². The maximum absolute atomic E-state index is 12.5. The van der Waals surface area contributed by atoms with Gasteiger partial charge in [0, 0.05) is 35.7 Å². The average molecular weight is 341 g/mol. The fourth-order valence-electron chi connectivity index (χ4n) is 3.74. The van der Waals surface area contributed by atoms with Gasteiger partial charge in [-0.1, -0.05) is 24.6 Å². The number of hydrogen-bond acceptors (Lipinski definition) is 3. The Morgan fingerprint density at radius 1 is 1.28 bits per heavy atom. The number of para-hydroxylation sites is 1. The third-order valence-corrected chi connectivity index (χ3v) is 5.18. The van der Waals surface area contributed by atoms with Crippen molar-refractivity contribution in [1.29, 1.82) is 0 Å². The Balaban J connectivity index is 1.54. The van der Waals surface area contributed by atoms with Gasteiger partial charge in [-0.05, 0) is 45.7 Å². The van der Waals surface area contributed by atoms with Crippen molar-refractivity contribution in [2.24, 2.45) is 0 Å². The number of fused-ring (bicyclic) bond motifs is 1. The van der Waals surface area contributed by atoms with Crippen LogP contribution in [0, 0.1) is 6.92 Å². The van der Waals surface area contributed by atoms with Crippen LogP contribution in [0.4, 0.5) is 0 Å². The number of amides is 1. The van der Waals surface area contributed by atoms with Crippen LogP contribution >= 0.6 is 0 Å². The summed E-state index contributed by atoms with van der Waals surface area (Å²) in [6.45, 7) is 6.75. The van der Waals surface area contributed by atoms with Crippen molar-refractivity contribution in [3.63, 3.8) is 0 Å². The third-order valence-electron chi connectivity index (χ3n) is 5.18. The summed E-state index contributed by atoms with van der Waals surface area (Å²) in [7, 11) is 0. The van der Waals surface area contributed by atoms with Crippen LogP contribution in [0.15, 0.2) is 24.3 Å². The highest BCUT2D eigenvalue weighted by Gasteiger charge is 2.22. The Morgan fingerprint density at radius 3 is 2.88 bits per heavy atom. The standard InChI is InChI=1S/C20H27N3O2/c1-14-8-5-6-12-23(14)13-7-11-21-20(25)19(24)18-15(2)22-17-10-4-3-9-16(17)18/h3-4,9-10,14,22H,5-8,11-13H2,1-2H3,(H,21,25)/t14-/m1/s1. The number of carbonyl (C=O) groups excluding carboxylic acids is 2. The summed E-state index contributed by atoms with van der Waals surface area (Å²) >= 11 is 0. The SMILES string of the molecule is Cc1[nH]c2ccccc2c1C(=O)C(=O)NCCCN1CCCC[C@H]1C. The predicted octanol–water partition coefficient (Wildman–Crippen LogP) is 3.04. The van der Waals surface area contributed by atoms with Gasteiger partial charge in [0.05, 0.1) is 5.56 Å². The minimum Gasteiger partial charge on any atom is -0.358 e. The lowest BCUT2D eigenvalue weighted by molar-refractivity contribution is -0.117. The van der Waals surface area contributed by atoms with Crippen LogP contribution in [0.3, 0.4) is 0 Å². The molecular formula is C20H27N3O2. The first-order valence-electron chi connectivity index (χ1n) is 9.22. The Kier molecular flexibility index (Phi) is 5.53. The number of carbonyl (C=O) groups is 2. The molecule has 0 radical (unpaired) electrons. The minimum atomic E-state index is -0.514. The Labute approximate surface area is 148 Å². The van der Waals surface area contributed by atoms with E-state index in [0.717, 1.165) is 36.1 Å². The van der Waals surface area contributed by atoms with Crippen molar-refractivity contribution < 1.29 is 9.59 Å². The largest absolute Gasteiger partial charge is 0.358 e. The van der Waals surface area contributed by atoms with Crippen LogP contribution in [-0.2, 0) is 4.79 Å². The number of ketones is 1. The molecule has 1 saturated heterocycles. The van der Waals surface area contributed by atoms with Gasteiger partial charge in [-0.2, -0.15) is 0 Å². The summed E-state index contributed by atoms with van der Waals surface area (Å²) in [5, 5.41) is 3.60. The van der Waals surface area contributed by atoms with Gasteiger partial charge in [0.25, 0.3) is 11.7 Å². The first kappa shape index (κ1) is 17.7. The highest BCUT2D eigenvalue weighted by molar-refractivity contribution is 6.45. The number of aromatic nitrogens is 1. The van der Waals surface area contributed by atoms with Gasteiger partial charge in [0.2, 0.25) is 0 Å². The molecule has 3 rings (SSSR count). The first-order valence-corrected chi connectivity index (χ1v) is 9.22. The summed E-state index contributed by atoms with van der Waals surface area (Å²) in [5.41, 5.74) is 2.11. The van der Waals surface area contributed by atoms with Gasteiger partial charge in [-0.15, -0.1) is 0 Å². The lowest BCUT2D eigenvalue weighted by atomic mass is 10.0. The third kappa shape index (κ3) is 3.93. The number of benzene rings is 1.